The molecule has 0 radical (unpaired) electrons. The number of amides is 2. The Morgan fingerprint density at radius 2 is 2.15 bits per heavy atom. The molecule has 3 unspecified atom stereocenters. The van der Waals surface area contributed by atoms with Gasteiger partial charge in [-0.3, -0.25) is 4.79 Å². The molecule has 0 spiro atoms. The van der Waals surface area contributed by atoms with Crippen LogP contribution in [0, 0.1) is 17.3 Å². The monoisotopic (exact) mass is 282 g/mol. The first-order valence-corrected chi connectivity index (χ1v) is 7.74. The zero-order chi connectivity index (χ0) is 14.8. The van der Waals surface area contributed by atoms with E-state index in [0.717, 1.165) is 25.3 Å². The van der Waals surface area contributed by atoms with Crippen molar-refractivity contribution < 1.29 is 14.7 Å². The number of urea groups is 1. The maximum Gasteiger partial charge on any atom is 0.317 e. The zero-order valence-electron chi connectivity index (χ0n) is 12.5. The second-order valence-corrected chi connectivity index (χ2v) is 6.52. The van der Waals surface area contributed by atoms with E-state index >= 15 is 0 Å². The predicted octanol–water partition coefficient (Wildman–Crippen LogP) is 2.32. The maximum atomic E-state index is 12.2. The fourth-order valence-electron chi connectivity index (χ4n) is 3.28. The van der Waals surface area contributed by atoms with Gasteiger partial charge in [-0.25, -0.2) is 4.79 Å². The van der Waals surface area contributed by atoms with Gasteiger partial charge in [0.2, 0.25) is 0 Å². The number of carbonyl (C=O) groups excluding carboxylic acids is 1. The largest absolute Gasteiger partial charge is 0.481 e. The van der Waals surface area contributed by atoms with E-state index < -0.39 is 11.4 Å². The Balaban J connectivity index is 1.90. The molecule has 5 nitrogen and oxygen atoms in total. The third kappa shape index (κ3) is 3.25. The average Bonchev–Trinajstić information content (AvgIpc) is 3.12. The lowest BCUT2D eigenvalue weighted by molar-refractivity contribution is -0.152. The van der Waals surface area contributed by atoms with Crippen molar-refractivity contribution in [1.29, 1.82) is 0 Å². The minimum atomic E-state index is -0.757. The molecule has 0 bridgehead atoms. The molecule has 1 saturated carbocycles. The van der Waals surface area contributed by atoms with E-state index in [1.807, 2.05) is 6.92 Å². The highest BCUT2D eigenvalue weighted by molar-refractivity contribution is 5.78. The Morgan fingerprint density at radius 1 is 1.45 bits per heavy atom. The Labute approximate surface area is 120 Å². The number of carboxylic acids is 1. The molecule has 0 aromatic rings. The first-order valence-electron chi connectivity index (χ1n) is 7.74. The van der Waals surface area contributed by atoms with Crippen molar-refractivity contribution in [3.05, 3.63) is 0 Å². The van der Waals surface area contributed by atoms with Gasteiger partial charge in [-0.1, -0.05) is 20.3 Å². The number of carboxylic acid groups (broad SMARTS) is 1. The van der Waals surface area contributed by atoms with Crippen LogP contribution in [0.4, 0.5) is 4.79 Å². The molecule has 2 amide bonds. The molecule has 20 heavy (non-hydrogen) atoms. The van der Waals surface area contributed by atoms with Crippen molar-refractivity contribution in [2.45, 2.75) is 46.0 Å². The van der Waals surface area contributed by atoms with Crippen molar-refractivity contribution in [2.24, 2.45) is 17.3 Å². The molecule has 2 N–H and O–H groups in total. The highest BCUT2D eigenvalue weighted by Crippen LogP contribution is 2.37. The Hall–Kier alpha value is -1.26. The molecule has 0 aromatic carbocycles. The Morgan fingerprint density at radius 3 is 2.70 bits per heavy atom. The molecule has 0 aromatic heterocycles. The number of hydrogen-bond donors (Lipinski definition) is 2. The summed E-state index contributed by atoms with van der Waals surface area (Å²) in [4.78, 5) is 25.5. The fraction of sp³-hybridized carbons (Fsp3) is 0.867. The molecular formula is C15H26N2O3. The van der Waals surface area contributed by atoms with Gasteiger partial charge in [0, 0.05) is 19.6 Å². The maximum absolute atomic E-state index is 12.2. The van der Waals surface area contributed by atoms with Crippen molar-refractivity contribution in [3.63, 3.8) is 0 Å². The quantitative estimate of drug-likeness (QED) is 0.813. The lowest BCUT2D eigenvalue weighted by Crippen LogP contribution is -2.52. The van der Waals surface area contributed by atoms with E-state index in [-0.39, 0.29) is 6.03 Å². The molecule has 3 atom stereocenters. The lowest BCUT2D eigenvalue weighted by Gasteiger charge is -2.39. The van der Waals surface area contributed by atoms with Crippen LogP contribution in [0.3, 0.4) is 0 Å². The van der Waals surface area contributed by atoms with Gasteiger partial charge in [-0.15, -0.1) is 0 Å². The third-order valence-electron chi connectivity index (χ3n) is 4.84. The van der Waals surface area contributed by atoms with E-state index in [2.05, 4.69) is 12.2 Å². The van der Waals surface area contributed by atoms with Gasteiger partial charge in [0.1, 0.15) is 0 Å². The molecular weight excluding hydrogens is 256 g/mol. The molecule has 1 saturated heterocycles. The summed E-state index contributed by atoms with van der Waals surface area (Å²) in [5, 5.41) is 12.5. The lowest BCUT2D eigenvalue weighted by atomic mass is 9.76. The van der Waals surface area contributed by atoms with Crippen LogP contribution >= 0.6 is 0 Å². The van der Waals surface area contributed by atoms with Crippen LogP contribution in [-0.2, 0) is 4.79 Å². The third-order valence-corrected chi connectivity index (χ3v) is 4.84. The topological polar surface area (TPSA) is 69.6 Å². The smallest absolute Gasteiger partial charge is 0.317 e. The van der Waals surface area contributed by atoms with Gasteiger partial charge in [-0.05, 0) is 37.5 Å². The molecule has 2 fully saturated rings. The molecule has 114 valence electrons. The number of hydrogen-bond acceptors (Lipinski definition) is 2. The summed E-state index contributed by atoms with van der Waals surface area (Å²) < 4.78 is 0. The number of nitrogens with one attached hydrogen (secondary N) is 1. The molecule has 5 heteroatoms. The number of rotatable bonds is 5. The molecule has 1 aliphatic heterocycles. The molecule has 2 aliphatic rings. The van der Waals surface area contributed by atoms with Gasteiger partial charge in [-0.2, -0.15) is 0 Å². The van der Waals surface area contributed by atoms with Crippen molar-refractivity contribution in [3.8, 4) is 0 Å². The highest BCUT2D eigenvalue weighted by atomic mass is 16.4. The van der Waals surface area contributed by atoms with E-state index in [0.29, 0.717) is 31.8 Å². The van der Waals surface area contributed by atoms with Crippen LogP contribution in [0.1, 0.15) is 46.0 Å². The summed E-state index contributed by atoms with van der Waals surface area (Å²) >= 11 is 0. The van der Waals surface area contributed by atoms with Gasteiger partial charge >= 0.3 is 12.0 Å². The van der Waals surface area contributed by atoms with Gasteiger partial charge < -0.3 is 15.3 Å². The average molecular weight is 282 g/mol. The predicted molar refractivity (Wildman–Crippen MR) is 76.5 cm³/mol. The van der Waals surface area contributed by atoms with E-state index in [9.17, 15) is 14.7 Å². The number of nitrogens with zero attached hydrogens (tertiary/aromatic N) is 1. The van der Waals surface area contributed by atoms with Crippen LogP contribution < -0.4 is 5.32 Å². The van der Waals surface area contributed by atoms with Crippen LogP contribution in [-0.4, -0.2) is 41.6 Å². The van der Waals surface area contributed by atoms with E-state index in [1.54, 1.807) is 4.90 Å². The van der Waals surface area contributed by atoms with Gasteiger partial charge in [0.15, 0.2) is 0 Å². The standard InChI is InChI=1S/C15H26N2O3/c1-3-5-15(13(18)19)6-4-7-17(10-15)14(20)16-9-12-8-11(12)2/h11-12H,3-10H2,1-2H3,(H,16,20)(H,18,19). The molecule has 1 heterocycles. The van der Waals surface area contributed by atoms with Crippen LogP contribution in [0.2, 0.25) is 0 Å². The second-order valence-electron chi connectivity index (χ2n) is 6.52. The van der Waals surface area contributed by atoms with Crippen molar-refractivity contribution in [1.82, 2.24) is 10.2 Å². The van der Waals surface area contributed by atoms with Gasteiger partial charge in [0.25, 0.3) is 0 Å². The van der Waals surface area contributed by atoms with Crippen LogP contribution in [0.15, 0.2) is 0 Å². The first kappa shape index (κ1) is 15.1. The van der Waals surface area contributed by atoms with Gasteiger partial charge in [0.05, 0.1) is 5.41 Å². The summed E-state index contributed by atoms with van der Waals surface area (Å²) in [7, 11) is 0. The summed E-state index contributed by atoms with van der Waals surface area (Å²) in [5.74, 6) is 0.575. The zero-order valence-corrected chi connectivity index (χ0v) is 12.5. The Kier molecular flexibility index (Phi) is 4.55. The second kappa shape index (κ2) is 6.02. The molecule has 1 aliphatic carbocycles. The van der Waals surface area contributed by atoms with Crippen LogP contribution in [0.25, 0.3) is 0 Å². The Bertz CT molecular complexity index is 381. The van der Waals surface area contributed by atoms with Crippen molar-refractivity contribution >= 4 is 12.0 Å². The van der Waals surface area contributed by atoms with Crippen molar-refractivity contribution in [2.75, 3.05) is 19.6 Å². The van der Waals surface area contributed by atoms with E-state index in [4.69, 9.17) is 0 Å². The SMILES string of the molecule is CCCC1(C(=O)O)CCCN(C(=O)NCC2CC2C)C1. The normalized spacial score (nSPS) is 32.8. The summed E-state index contributed by atoms with van der Waals surface area (Å²) in [6.07, 6.45) is 4.13. The van der Waals surface area contributed by atoms with Crippen LogP contribution in [0.5, 0.6) is 0 Å². The number of piperidine rings is 1. The number of aliphatic carboxylic acids is 1. The fourth-order valence-corrected chi connectivity index (χ4v) is 3.28. The number of likely N-dealkylation sites (tertiary alicyclic amines) is 1. The minimum absolute atomic E-state index is 0.0921. The summed E-state index contributed by atoms with van der Waals surface area (Å²) in [5.41, 5.74) is -0.739. The summed E-state index contributed by atoms with van der Waals surface area (Å²) in [6, 6.07) is -0.0921. The van der Waals surface area contributed by atoms with E-state index in [1.165, 1.54) is 6.42 Å². The minimum Gasteiger partial charge on any atom is -0.481 e. The molecule has 2 rings (SSSR count). The highest BCUT2D eigenvalue weighted by Gasteiger charge is 2.43. The summed E-state index contributed by atoms with van der Waals surface area (Å²) in [6.45, 7) is 5.93. The first-order chi connectivity index (χ1) is 9.48. The number of carbonyl (C=O) groups is 2.